The van der Waals surface area contributed by atoms with Crippen LogP contribution in [-0.2, 0) is 0 Å². The fourth-order valence-corrected chi connectivity index (χ4v) is 2.16. The van der Waals surface area contributed by atoms with Gasteiger partial charge >= 0.3 is 5.69 Å². The van der Waals surface area contributed by atoms with E-state index in [1.165, 1.54) is 12.7 Å². The van der Waals surface area contributed by atoms with Crippen LogP contribution in [0.1, 0.15) is 24.1 Å². The first-order valence-corrected chi connectivity index (χ1v) is 6.67. The standard InChI is InChI=1S/C16H18N2O3/c1-11-7-9-13(10-8-11)12(2)17-14-5-4-6-15(21-3)16(14)18(19)20/h4-10,12,17H,1-3H3. The van der Waals surface area contributed by atoms with Crippen LogP contribution in [0.3, 0.4) is 0 Å². The van der Waals surface area contributed by atoms with Gasteiger partial charge in [0.15, 0.2) is 5.75 Å². The van der Waals surface area contributed by atoms with Crippen molar-refractivity contribution >= 4 is 11.4 Å². The van der Waals surface area contributed by atoms with Crippen LogP contribution in [0.4, 0.5) is 11.4 Å². The number of aryl methyl sites for hydroxylation is 1. The maximum atomic E-state index is 11.2. The normalized spacial score (nSPS) is 11.8. The fourth-order valence-electron chi connectivity index (χ4n) is 2.16. The molecule has 0 bridgehead atoms. The Labute approximate surface area is 123 Å². The summed E-state index contributed by atoms with van der Waals surface area (Å²) >= 11 is 0. The summed E-state index contributed by atoms with van der Waals surface area (Å²) in [6, 6.07) is 13.0. The predicted molar refractivity (Wildman–Crippen MR) is 82.9 cm³/mol. The number of methoxy groups -OCH3 is 1. The fraction of sp³-hybridized carbons (Fsp3) is 0.250. The molecule has 0 saturated heterocycles. The van der Waals surface area contributed by atoms with Gasteiger partial charge in [-0.2, -0.15) is 0 Å². The van der Waals surface area contributed by atoms with Gasteiger partial charge in [0.05, 0.1) is 12.0 Å². The lowest BCUT2D eigenvalue weighted by molar-refractivity contribution is -0.384. The highest BCUT2D eigenvalue weighted by Crippen LogP contribution is 2.36. The van der Waals surface area contributed by atoms with Gasteiger partial charge < -0.3 is 10.1 Å². The SMILES string of the molecule is COc1cccc(NC(C)c2ccc(C)cc2)c1[N+](=O)[O-]. The molecule has 0 radical (unpaired) electrons. The third-order valence-corrected chi connectivity index (χ3v) is 3.35. The second-order valence-electron chi connectivity index (χ2n) is 4.89. The largest absolute Gasteiger partial charge is 0.490 e. The second kappa shape index (κ2) is 6.26. The molecule has 1 atom stereocenters. The summed E-state index contributed by atoms with van der Waals surface area (Å²) in [5.41, 5.74) is 2.66. The summed E-state index contributed by atoms with van der Waals surface area (Å²) in [5, 5.41) is 14.4. The van der Waals surface area contributed by atoms with Crippen molar-refractivity contribution in [2.45, 2.75) is 19.9 Å². The first-order valence-electron chi connectivity index (χ1n) is 6.67. The minimum absolute atomic E-state index is 0.0426. The number of anilines is 1. The van der Waals surface area contributed by atoms with Gasteiger partial charge in [-0.1, -0.05) is 35.9 Å². The Bertz CT molecular complexity index is 638. The Balaban J connectivity index is 2.30. The van der Waals surface area contributed by atoms with Gasteiger partial charge in [0.25, 0.3) is 0 Å². The molecule has 0 aliphatic rings. The number of hydrogen-bond acceptors (Lipinski definition) is 4. The minimum atomic E-state index is -0.428. The lowest BCUT2D eigenvalue weighted by Crippen LogP contribution is -2.09. The second-order valence-corrected chi connectivity index (χ2v) is 4.89. The molecule has 0 aliphatic heterocycles. The topological polar surface area (TPSA) is 64.4 Å². The summed E-state index contributed by atoms with van der Waals surface area (Å²) in [6.45, 7) is 3.99. The van der Waals surface area contributed by atoms with Crippen LogP contribution < -0.4 is 10.1 Å². The minimum Gasteiger partial charge on any atom is -0.490 e. The molecule has 110 valence electrons. The van der Waals surface area contributed by atoms with Crippen molar-refractivity contribution in [1.82, 2.24) is 0 Å². The number of nitro groups is 1. The molecule has 2 aromatic carbocycles. The number of benzene rings is 2. The number of nitrogens with one attached hydrogen (secondary N) is 1. The lowest BCUT2D eigenvalue weighted by Gasteiger charge is -2.16. The van der Waals surface area contributed by atoms with Crippen molar-refractivity contribution in [3.05, 3.63) is 63.7 Å². The highest BCUT2D eigenvalue weighted by atomic mass is 16.6. The van der Waals surface area contributed by atoms with E-state index < -0.39 is 4.92 Å². The molecule has 2 rings (SSSR count). The van der Waals surface area contributed by atoms with Crippen LogP contribution >= 0.6 is 0 Å². The number of rotatable bonds is 5. The maximum Gasteiger partial charge on any atom is 0.333 e. The molecule has 5 heteroatoms. The van der Waals surface area contributed by atoms with Crippen LogP contribution in [-0.4, -0.2) is 12.0 Å². The predicted octanol–water partition coefficient (Wildman–Crippen LogP) is 4.08. The average molecular weight is 286 g/mol. The molecule has 21 heavy (non-hydrogen) atoms. The van der Waals surface area contributed by atoms with Crippen molar-refractivity contribution in [1.29, 1.82) is 0 Å². The Hall–Kier alpha value is -2.56. The molecule has 5 nitrogen and oxygen atoms in total. The summed E-state index contributed by atoms with van der Waals surface area (Å²) < 4.78 is 5.07. The Morgan fingerprint density at radius 2 is 1.86 bits per heavy atom. The molecule has 0 amide bonds. The first kappa shape index (κ1) is 14.8. The van der Waals surface area contributed by atoms with Crippen molar-refractivity contribution in [2.24, 2.45) is 0 Å². The smallest absolute Gasteiger partial charge is 0.333 e. The molecule has 0 heterocycles. The molecular weight excluding hydrogens is 268 g/mol. The summed E-state index contributed by atoms with van der Waals surface area (Å²) in [7, 11) is 1.43. The Kier molecular flexibility index (Phi) is 4.42. The molecule has 2 aromatic rings. The Morgan fingerprint density at radius 1 is 1.19 bits per heavy atom. The third-order valence-electron chi connectivity index (χ3n) is 3.35. The lowest BCUT2D eigenvalue weighted by atomic mass is 10.1. The van der Waals surface area contributed by atoms with Crippen LogP contribution in [0.2, 0.25) is 0 Å². The van der Waals surface area contributed by atoms with Gasteiger partial charge in [-0.3, -0.25) is 10.1 Å². The third kappa shape index (κ3) is 3.31. The summed E-state index contributed by atoms with van der Waals surface area (Å²) in [4.78, 5) is 10.8. The van der Waals surface area contributed by atoms with Gasteiger partial charge in [-0.25, -0.2) is 0 Å². The molecule has 1 N–H and O–H groups in total. The summed E-state index contributed by atoms with van der Waals surface area (Å²) in [6.07, 6.45) is 0. The zero-order valence-corrected chi connectivity index (χ0v) is 12.3. The molecular formula is C16H18N2O3. The van der Waals surface area contributed by atoms with Crippen LogP contribution in [0.5, 0.6) is 5.75 Å². The molecule has 0 aliphatic carbocycles. The average Bonchev–Trinajstić information content (AvgIpc) is 2.47. The highest BCUT2D eigenvalue weighted by molar-refractivity contribution is 5.69. The van der Waals surface area contributed by atoms with E-state index in [9.17, 15) is 10.1 Å². The van der Waals surface area contributed by atoms with Crippen LogP contribution in [0.25, 0.3) is 0 Å². The molecule has 1 unspecified atom stereocenters. The van der Waals surface area contributed by atoms with E-state index in [1.807, 2.05) is 38.1 Å². The summed E-state index contributed by atoms with van der Waals surface area (Å²) in [5.74, 6) is 0.251. The molecule has 0 fully saturated rings. The van der Waals surface area contributed by atoms with E-state index in [-0.39, 0.29) is 17.5 Å². The molecule has 0 aromatic heterocycles. The van der Waals surface area contributed by atoms with Crippen molar-refractivity contribution in [2.75, 3.05) is 12.4 Å². The number of nitro benzene ring substituents is 1. The van der Waals surface area contributed by atoms with Gasteiger partial charge in [0, 0.05) is 6.04 Å². The van der Waals surface area contributed by atoms with Crippen LogP contribution in [0.15, 0.2) is 42.5 Å². The molecule has 0 saturated carbocycles. The van der Waals surface area contributed by atoms with E-state index in [2.05, 4.69) is 5.32 Å². The van der Waals surface area contributed by atoms with Crippen molar-refractivity contribution in [3.8, 4) is 5.75 Å². The number of ether oxygens (including phenoxy) is 1. The van der Waals surface area contributed by atoms with E-state index in [4.69, 9.17) is 4.74 Å². The van der Waals surface area contributed by atoms with Crippen molar-refractivity contribution in [3.63, 3.8) is 0 Å². The highest BCUT2D eigenvalue weighted by Gasteiger charge is 2.21. The first-order chi connectivity index (χ1) is 10.0. The zero-order chi connectivity index (χ0) is 15.4. The van der Waals surface area contributed by atoms with E-state index in [1.54, 1.807) is 18.2 Å². The maximum absolute atomic E-state index is 11.2. The quantitative estimate of drug-likeness (QED) is 0.664. The zero-order valence-electron chi connectivity index (χ0n) is 12.3. The van der Waals surface area contributed by atoms with E-state index in [0.717, 1.165) is 5.56 Å². The number of nitrogens with zero attached hydrogens (tertiary/aromatic N) is 1. The monoisotopic (exact) mass is 286 g/mol. The number of para-hydroxylation sites is 1. The Morgan fingerprint density at radius 3 is 2.43 bits per heavy atom. The van der Waals surface area contributed by atoms with Gasteiger partial charge in [0.2, 0.25) is 0 Å². The van der Waals surface area contributed by atoms with E-state index in [0.29, 0.717) is 5.69 Å². The van der Waals surface area contributed by atoms with Crippen molar-refractivity contribution < 1.29 is 9.66 Å². The van der Waals surface area contributed by atoms with E-state index >= 15 is 0 Å². The van der Waals surface area contributed by atoms with Gasteiger partial charge in [-0.15, -0.1) is 0 Å². The van der Waals surface area contributed by atoms with Gasteiger partial charge in [-0.05, 0) is 31.5 Å². The molecule has 0 spiro atoms. The van der Waals surface area contributed by atoms with Crippen LogP contribution in [0, 0.1) is 17.0 Å². The van der Waals surface area contributed by atoms with Gasteiger partial charge in [0.1, 0.15) is 5.69 Å². The number of hydrogen-bond donors (Lipinski definition) is 1.